The molecule has 2 aromatic heterocycles. The van der Waals surface area contributed by atoms with Crippen molar-refractivity contribution >= 4 is 22.8 Å². The summed E-state index contributed by atoms with van der Waals surface area (Å²) in [5.74, 6) is -0.268. The van der Waals surface area contributed by atoms with Crippen LogP contribution in [0, 0.1) is 0 Å². The van der Waals surface area contributed by atoms with E-state index in [0.29, 0.717) is 19.0 Å². The molecule has 0 atom stereocenters. The molecule has 0 aromatic carbocycles. The molecule has 0 aliphatic carbocycles. The fourth-order valence-corrected chi connectivity index (χ4v) is 1.44. The minimum Gasteiger partial charge on any atom is -0.480 e. The number of hydrogen-bond acceptors (Lipinski definition) is 5. The van der Waals surface area contributed by atoms with Gasteiger partial charge < -0.3 is 19.6 Å². The topological polar surface area (TPSA) is 84.6 Å². The van der Waals surface area contributed by atoms with Crippen molar-refractivity contribution in [3.63, 3.8) is 0 Å². The largest absolute Gasteiger partial charge is 0.480 e. The molecule has 2 heterocycles. The second-order valence-corrected chi connectivity index (χ2v) is 3.37. The molecule has 2 aromatic rings. The van der Waals surface area contributed by atoms with Crippen LogP contribution in [0.2, 0.25) is 0 Å². The van der Waals surface area contributed by atoms with E-state index in [-0.39, 0.29) is 6.61 Å². The van der Waals surface area contributed by atoms with Crippen molar-refractivity contribution in [1.82, 2.24) is 4.98 Å². The SMILES string of the molecule is O=C(O)COCCNc1nccc2occc12. The summed E-state index contributed by atoms with van der Waals surface area (Å²) < 4.78 is 10.1. The van der Waals surface area contributed by atoms with Crippen molar-refractivity contribution in [1.29, 1.82) is 0 Å². The van der Waals surface area contributed by atoms with Crippen LogP contribution in [0.15, 0.2) is 29.0 Å². The van der Waals surface area contributed by atoms with Gasteiger partial charge in [0.25, 0.3) is 0 Å². The number of carbonyl (C=O) groups is 1. The van der Waals surface area contributed by atoms with Gasteiger partial charge in [0.1, 0.15) is 18.0 Å². The predicted octanol–water partition coefficient (Wildman–Crippen LogP) is 1.34. The van der Waals surface area contributed by atoms with Crippen molar-refractivity contribution in [3.8, 4) is 0 Å². The molecule has 0 bridgehead atoms. The Morgan fingerprint density at radius 3 is 3.24 bits per heavy atom. The number of carboxylic acids is 1. The van der Waals surface area contributed by atoms with E-state index in [0.717, 1.165) is 11.0 Å². The molecule has 0 amide bonds. The van der Waals surface area contributed by atoms with Gasteiger partial charge in [-0.1, -0.05) is 0 Å². The molecule has 0 radical (unpaired) electrons. The van der Waals surface area contributed by atoms with Crippen LogP contribution in [0.5, 0.6) is 0 Å². The number of nitrogens with one attached hydrogen (secondary N) is 1. The predicted molar refractivity (Wildman–Crippen MR) is 61.0 cm³/mol. The second-order valence-electron chi connectivity index (χ2n) is 3.37. The number of anilines is 1. The van der Waals surface area contributed by atoms with E-state index in [1.54, 1.807) is 18.5 Å². The smallest absolute Gasteiger partial charge is 0.329 e. The number of aliphatic carboxylic acids is 1. The van der Waals surface area contributed by atoms with Crippen LogP contribution >= 0.6 is 0 Å². The highest BCUT2D eigenvalue weighted by molar-refractivity contribution is 5.87. The zero-order valence-corrected chi connectivity index (χ0v) is 9.05. The lowest BCUT2D eigenvalue weighted by Crippen LogP contribution is -2.14. The first-order valence-corrected chi connectivity index (χ1v) is 5.13. The maximum absolute atomic E-state index is 10.2. The first kappa shape index (κ1) is 11.4. The number of rotatable bonds is 6. The molecule has 2 N–H and O–H groups in total. The van der Waals surface area contributed by atoms with Gasteiger partial charge in [0, 0.05) is 12.7 Å². The van der Waals surface area contributed by atoms with Crippen LogP contribution in [-0.4, -0.2) is 35.8 Å². The van der Waals surface area contributed by atoms with Crippen LogP contribution in [0.3, 0.4) is 0 Å². The molecular formula is C11H12N2O4. The Hall–Kier alpha value is -2.08. The van der Waals surface area contributed by atoms with E-state index in [1.807, 2.05) is 6.07 Å². The van der Waals surface area contributed by atoms with Gasteiger partial charge in [0.2, 0.25) is 0 Å². The standard InChI is InChI=1S/C11H12N2O4/c14-10(15)7-16-6-4-13-11-8-2-5-17-9(8)1-3-12-11/h1-3,5H,4,6-7H2,(H,12,13)(H,14,15). The quantitative estimate of drug-likeness (QED) is 0.736. The molecule has 0 unspecified atom stereocenters. The fourth-order valence-electron chi connectivity index (χ4n) is 1.44. The van der Waals surface area contributed by atoms with E-state index < -0.39 is 5.97 Å². The molecular weight excluding hydrogens is 224 g/mol. The average molecular weight is 236 g/mol. The Balaban J connectivity index is 1.86. The molecule has 2 rings (SSSR count). The van der Waals surface area contributed by atoms with Gasteiger partial charge >= 0.3 is 5.97 Å². The summed E-state index contributed by atoms with van der Waals surface area (Å²) in [6.07, 6.45) is 3.24. The van der Waals surface area contributed by atoms with E-state index >= 15 is 0 Å². The summed E-state index contributed by atoms with van der Waals surface area (Å²) in [4.78, 5) is 14.4. The number of ether oxygens (including phenoxy) is 1. The van der Waals surface area contributed by atoms with Gasteiger partial charge in [-0.3, -0.25) is 0 Å². The molecule has 90 valence electrons. The molecule has 0 aliphatic rings. The molecule has 0 saturated heterocycles. The van der Waals surface area contributed by atoms with E-state index in [2.05, 4.69) is 10.3 Å². The zero-order chi connectivity index (χ0) is 12.1. The Labute approximate surface area is 97.2 Å². The van der Waals surface area contributed by atoms with Crippen molar-refractivity contribution in [3.05, 3.63) is 24.6 Å². The number of pyridine rings is 1. The number of furan rings is 1. The van der Waals surface area contributed by atoms with E-state index in [9.17, 15) is 4.79 Å². The van der Waals surface area contributed by atoms with Crippen LogP contribution in [0.1, 0.15) is 0 Å². The summed E-state index contributed by atoms with van der Waals surface area (Å²) >= 11 is 0. The zero-order valence-electron chi connectivity index (χ0n) is 9.05. The molecule has 0 saturated carbocycles. The van der Waals surface area contributed by atoms with Crippen molar-refractivity contribution in [2.45, 2.75) is 0 Å². The summed E-state index contributed by atoms with van der Waals surface area (Å²) in [6.45, 7) is 0.512. The van der Waals surface area contributed by atoms with Gasteiger partial charge in [-0.05, 0) is 12.1 Å². The first-order chi connectivity index (χ1) is 8.27. The minimum atomic E-state index is -0.972. The Morgan fingerprint density at radius 1 is 1.53 bits per heavy atom. The minimum absolute atomic E-state index is 0.287. The molecule has 6 heteroatoms. The number of hydrogen-bond donors (Lipinski definition) is 2. The van der Waals surface area contributed by atoms with Crippen LogP contribution < -0.4 is 5.32 Å². The highest BCUT2D eigenvalue weighted by Crippen LogP contribution is 2.21. The lowest BCUT2D eigenvalue weighted by Gasteiger charge is -2.05. The summed E-state index contributed by atoms with van der Waals surface area (Å²) in [5, 5.41) is 12.3. The Morgan fingerprint density at radius 2 is 2.41 bits per heavy atom. The highest BCUT2D eigenvalue weighted by Gasteiger charge is 2.03. The molecule has 0 aliphatic heterocycles. The normalized spacial score (nSPS) is 10.6. The summed E-state index contributed by atoms with van der Waals surface area (Å²) in [5.41, 5.74) is 0.758. The third-order valence-electron chi connectivity index (χ3n) is 2.14. The number of fused-ring (bicyclic) bond motifs is 1. The Kier molecular flexibility index (Phi) is 3.56. The van der Waals surface area contributed by atoms with Crippen LogP contribution in [0.25, 0.3) is 11.0 Å². The van der Waals surface area contributed by atoms with Gasteiger partial charge in [-0.15, -0.1) is 0 Å². The Bertz CT molecular complexity index is 509. The third-order valence-corrected chi connectivity index (χ3v) is 2.14. The molecule has 0 spiro atoms. The third kappa shape index (κ3) is 2.94. The molecule has 17 heavy (non-hydrogen) atoms. The summed E-state index contributed by atoms with van der Waals surface area (Å²) in [7, 11) is 0. The van der Waals surface area contributed by atoms with Crippen molar-refractivity contribution in [2.24, 2.45) is 0 Å². The molecule has 0 fully saturated rings. The first-order valence-electron chi connectivity index (χ1n) is 5.13. The maximum atomic E-state index is 10.2. The lowest BCUT2D eigenvalue weighted by atomic mass is 10.3. The van der Waals surface area contributed by atoms with Crippen LogP contribution in [0.4, 0.5) is 5.82 Å². The van der Waals surface area contributed by atoms with Gasteiger partial charge in [0.15, 0.2) is 0 Å². The van der Waals surface area contributed by atoms with Crippen molar-refractivity contribution < 1.29 is 19.1 Å². The van der Waals surface area contributed by atoms with E-state index in [4.69, 9.17) is 14.3 Å². The maximum Gasteiger partial charge on any atom is 0.329 e. The summed E-state index contributed by atoms with van der Waals surface area (Å²) in [6, 6.07) is 3.60. The molecule has 6 nitrogen and oxygen atoms in total. The lowest BCUT2D eigenvalue weighted by molar-refractivity contribution is -0.142. The van der Waals surface area contributed by atoms with E-state index in [1.165, 1.54) is 0 Å². The monoisotopic (exact) mass is 236 g/mol. The fraction of sp³-hybridized carbons (Fsp3) is 0.273. The van der Waals surface area contributed by atoms with Crippen molar-refractivity contribution in [2.75, 3.05) is 25.1 Å². The average Bonchev–Trinajstić information content (AvgIpc) is 2.77. The number of aromatic nitrogens is 1. The number of nitrogens with zero attached hydrogens (tertiary/aromatic N) is 1. The highest BCUT2D eigenvalue weighted by atomic mass is 16.5. The number of carboxylic acid groups (broad SMARTS) is 1. The van der Waals surface area contributed by atoms with Gasteiger partial charge in [0.05, 0.1) is 18.3 Å². The van der Waals surface area contributed by atoms with Gasteiger partial charge in [-0.2, -0.15) is 0 Å². The van der Waals surface area contributed by atoms with Crippen LogP contribution in [-0.2, 0) is 9.53 Å². The van der Waals surface area contributed by atoms with Gasteiger partial charge in [-0.25, -0.2) is 9.78 Å². The second kappa shape index (κ2) is 5.31.